The Morgan fingerprint density at radius 2 is 1.67 bits per heavy atom. The van der Waals surface area contributed by atoms with Crippen LogP contribution in [0.2, 0.25) is 0 Å². The summed E-state index contributed by atoms with van der Waals surface area (Å²) in [5.41, 5.74) is 7.04. The van der Waals surface area contributed by atoms with E-state index in [9.17, 15) is 5.11 Å². The third-order valence-corrected chi connectivity index (χ3v) is 4.39. The van der Waals surface area contributed by atoms with E-state index in [1.54, 1.807) is 0 Å². The number of rotatable bonds is 2. The molecule has 0 unspecified atom stereocenters. The van der Waals surface area contributed by atoms with Crippen molar-refractivity contribution >= 4 is 10.8 Å². The third-order valence-electron chi connectivity index (χ3n) is 4.39. The Kier molecular flexibility index (Phi) is 2.75. The first-order chi connectivity index (χ1) is 8.75. The summed E-state index contributed by atoms with van der Waals surface area (Å²) >= 11 is 0. The summed E-state index contributed by atoms with van der Waals surface area (Å²) in [6, 6.07) is 12.2. The van der Waals surface area contributed by atoms with Crippen LogP contribution in [0.5, 0.6) is 5.75 Å². The fourth-order valence-electron chi connectivity index (χ4n) is 3.29. The molecule has 2 nitrogen and oxygen atoms in total. The van der Waals surface area contributed by atoms with Gasteiger partial charge in [0.25, 0.3) is 0 Å². The molecule has 1 aliphatic carbocycles. The molecule has 0 bridgehead atoms. The monoisotopic (exact) mass is 241 g/mol. The molecule has 2 aromatic carbocycles. The van der Waals surface area contributed by atoms with E-state index in [1.165, 1.54) is 18.2 Å². The molecule has 0 spiro atoms. The first-order valence-corrected chi connectivity index (χ1v) is 6.67. The van der Waals surface area contributed by atoms with E-state index in [1.807, 2.05) is 24.3 Å². The zero-order chi connectivity index (χ0) is 12.6. The van der Waals surface area contributed by atoms with Crippen LogP contribution in [0.15, 0.2) is 36.4 Å². The summed E-state index contributed by atoms with van der Waals surface area (Å²) < 4.78 is 0. The molecule has 0 aliphatic heterocycles. The SMILES string of the molecule is NCC1(c2cc3ccccc3cc2O)CCCC1. The van der Waals surface area contributed by atoms with Crippen molar-refractivity contribution < 1.29 is 5.11 Å². The van der Waals surface area contributed by atoms with Gasteiger partial charge in [-0.05, 0) is 35.7 Å². The Balaban J connectivity index is 2.19. The summed E-state index contributed by atoms with van der Waals surface area (Å²) in [5.74, 6) is 0.404. The molecule has 1 saturated carbocycles. The highest BCUT2D eigenvalue weighted by atomic mass is 16.3. The van der Waals surface area contributed by atoms with Gasteiger partial charge in [0.15, 0.2) is 0 Å². The zero-order valence-corrected chi connectivity index (χ0v) is 10.5. The second-order valence-electron chi connectivity index (χ2n) is 5.41. The molecule has 1 aliphatic rings. The van der Waals surface area contributed by atoms with Crippen molar-refractivity contribution in [1.82, 2.24) is 0 Å². The Morgan fingerprint density at radius 3 is 2.28 bits per heavy atom. The molecule has 0 amide bonds. The first kappa shape index (κ1) is 11.5. The minimum Gasteiger partial charge on any atom is -0.508 e. The van der Waals surface area contributed by atoms with Gasteiger partial charge in [0.1, 0.15) is 5.75 Å². The lowest BCUT2D eigenvalue weighted by atomic mass is 9.78. The summed E-state index contributed by atoms with van der Waals surface area (Å²) in [7, 11) is 0. The standard InChI is InChI=1S/C16H19NO/c17-11-16(7-3-4-8-16)14-9-12-5-1-2-6-13(12)10-15(14)18/h1-2,5-6,9-10,18H,3-4,7-8,11,17H2. The number of benzene rings is 2. The lowest BCUT2D eigenvalue weighted by Crippen LogP contribution is -2.32. The third kappa shape index (κ3) is 1.68. The normalized spacial score (nSPS) is 18.3. The molecule has 1 fully saturated rings. The lowest BCUT2D eigenvalue weighted by molar-refractivity contribution is 0.406. The van der Waals surface area contributed by atoms with E-state index >= 15 is 0 Å². The van der Waals surface area contributed by atoms with Crippen LogP contribution in [0.4, 0.5) is 0 Å². The molecule has 94 valence electrons. The number of hydrogen-bond donors (Lipinski definition) is 2. The molecule has 2 heteroatoms. The molecule has 0 aromatic heterocycles. The average molecular weight is 241 g/mol. The van der Waals surface area contributed by atoms with Gasteiger partial charge in [-0.2, -0.15) is 0 Å². The van der Waals surface area contributed by atoms with Crippen LogP contribution in [-0.4, -0.2) is 11.7 Å². The number of fused-ring (bicyclic) bond motifs is 1. The van der Waals surface area contributed by atoms with Gasteiger partial charge in [-0.3, -0.25) is 0 Å². The number of aromatic hydroxyl groups is 1. The molecule has 0 radical (unpaired) electrons. The van der Waals surface area contributed by atoms with Crippen molar-refractivity contribution in [3.8, 4) is 5.75 Å². The van der Waals surface area contributed by atoms with Crippen LogP contribution in [-0.2, 0) is 5.41 Å². The molecule has 0 atom stereocenters. The van der Waals surface area contributed by atoms with Crippen molar-refractivity contribution in [2.24, 2.45) is 5.73 Å². The number of hydrogen-bond acceptors (Lipinski definition) is 2. The highest BCUT2D eigenvalue weighted by Gasteiger charge is 2.36. The van der Waals surface area contributed by atoms with Gasteiger partial charge in [0, 0.05) is 17.5 Å². The highest BCUT2D eigenvalue weighted by Crippen LogP contribution is 2.44. The van der Waals surface area contributed by atoms with E-state index < -0.39 is 0 Å². The second kappa shape index (κ2) is 4.29. The quantitative estimate of drug-likeness (QED) is 0.847. The summed E-state index contributed by atoms with van der Waals surface area (Å²) in [4.78, 5) is 0. The summed E-state index contributed by atoms with van der Waals surface area (Å²) in [6.45, 7) is 0.624. The van der Waals surface area contributed by atoms with Crippen molar-refractivity contribution in [3.05, 3.63) is 42.0 Å². The maximum Gasteiger partial charge on any atom is 0.120 e. The van der Waals surface area contributed by atoms with Crippen LogP contribution in [0, 0.1) is 0 Å². The fourth-order valence-corrected chi connectivity index (χ4v) is 3.29. The van der Waals surface area contributed by atoms with E-state index in [2.05, 4.69) is 12.1 Å². The maximum atomic E-state index is 10.3. The number of nitrogens with two attached hydrogens (primary N) is 1. The number of phenols is 1. The Labute approximate surface area is 107 Å². The molecule has 3 rings (SSSR count). The minimum atomic E-state index is -0.00584. The van der Waals surface area contributed by atoms with Gasteiger partial charge in [-0.25, -0.2) is 0 Å². The van der Waals surface area contributed by atoms with Gasteiger partial charge in [0.05, 0.1) is 0 Å². The van der Waals surface area contributed by atoms with Crippen molar-refractivity contribution in [2.75, 3.05) is 6.54 Å². The van der Waals surface area contributed by atoms with E-state index in [4.69, 9.17) is 5.73 Å². The van der Waals surface area contributed by atoms with Crippen LogP contribution in [0.1, 0.15) is 31.2 Å². The summed E-state index contributed by atoms with van der Waals surface area (Å²) in [5, 5.41) is 12.6. The van der Waals surface area contributed by atoms with Gasteiger partial charge in [0.2, 0.25) is 0 Å². The van der Waals surface area contributed by atoms with Gasteiger partial charge < -0.3 is 10.8 Å². The van der Waals surface area contributed by atoms with Gasteiger partial charge in [-0.15, -0.1) is 0 Å². The summed E-state index contributed by atoms with van der Waals surface area (Å²) in [6.07, 6.45) is 4.61. The fraction of sp³-hybridized carbons (Fsp3) is 0.375. The highest BCUT2D eigenvalue weighted by molar-refractivity contribution is 5.85. The van der Waals surface area contributed by atoms with Gasteiger partial charge in [-0.1, -0.05) is 37.1 Å². The van der Waals surface area contributed by atoms with E-state index in [0.717, 1.165) is 23.8 Å². The van der Waals surface area contributed by atoms with Crippen LogP contribution in [0.25, 0.3) is 10.8 Å². The smallest absolute Gasteiger partial charge is 0.120 e. The molecule has 0 heterocycles. The Morgan fingerprint density at radius 1 is 1.06 bits per heavy atom. The zero-order valence-electron chi connectivity index (χ0n) is 10.5. The molecule has 18 heavy (non-hydrogen) atoms. The predicted molar refractivity (Wildman–Crippen MR) is 74.8 cm³/mol. The lowest BCUT2D eigenvalue weighted by Gasteiger charge is -2.29. The largest absolute Gasteiger partial charge is 0.508 e. The van der Waals surface area contributed by atoms with Crippen LogP contribution >= 0.6 is 0 Å². The first-order valence-electron chi connectivity index (χ1n) is 6.67. The second-order valence-corrected chi connectivity index (χ2v) is 5.41. The Hall–Kier alpha value is -1.54. The van der Waals surface area contributed by atoms with Crippen LogP contribution < -0.4 is 5.73 Å². The molecular weight excluding hydrogens is 222 g/mol. The van der Waals surface area contributed by atoms with Crippen molar-refractivity contribution in [1.29, 1.82) is 0 Å². The molecule has 3 N–H and O–H groups in total. The minimum absolute atomic E-state index is 0.00584. The molecule has 0 saturated heterocycles. The van der Waals surface area contributed by atoms with Crippen LogP contribution in [0.3, 0.4) is 0 Å². The van der Waals surface area contributed by atoms with E-state index in [0.29, 0.717) is 12.3 Å². The number of phenolic OH excluding ortho intramolecular Hbond substituents is 1. The van der Waals surface area contributed by atoms with Gasteiger partial charge >= 0.3 is 0 Å². The topological polar surface area (TPSA) is 46.2 Å². The maximum absolute atomic E-state index is 10.3. The van der Waals surface area contributed by atoms with Crippen molar-refractivity contribution in [3.63, 3.8) is 0 Å². The van der Waals surface area contributed by atoms with E-state index in [-0.39, 0.29) is 5.41 Å². The Bertz CT molecular complexity index is 570. The molecular formula is C16H19NO. The molecule has 2 aromatic rings. The predicted octanol–water partition coefficient (Wildman–Crippen LogP) is 3.32. The van der Waals surface area contributed by atoms with Crippen molar-refractivity contribution in [2.45, 2.75) is 31.1 Å². The average Bonchev–Trinajstić information content (AvgIpc) is 2.88.